The predicted molar refractivity (Wildman–Crippen MR) is 66.6 cm³/mol. The molecule has 0 bridgehead atoms. The fraction of sp³-hybridized carbons (Fsp3) is 0.308. The van der Waals surface area contributed by atoms with Crippen molar-refractivity contribution < 1.29 is 4.79 Å². The second kappa shape index (κ2) is 3.94. The van der Waals surface area contributed by atoms with Crippen LogP contribution in [0.5, 0.6) is 0 Å². The van der Waals surface area contributed by atoms with E-state index in [0.717, 1.165) is 17.1 Å². The Kier molecular flexibility index (Phi) is 2.40. The molecule has 1 amide bonds. The van der Waals surface area contributed by atoms with Crippen LogP contribution in [0.4, 0.5) is 0 Å². The number of hydrogen-bond donors (Lipinski definition) is 1. The highest BCUT2D eigenvalue weighted by Gasteiger charge is 2.23. The molecule has 0 unspecified atom stereocenters. The number of amides is 1. The standard InChI is InChI=1S/C13H14N4O/c1-8(2)11-4-3-9(5-14-11)17-7-10-12(16-17)6-15-13(10)18/h3-5,7-8H,6H2,1-2H3,(H,15,18). The average Bonchev–Trinajstić information content (AvgIpc) is 2.92. The Hall–Kier alpha value is -2.17. The van der Waals surface area contributed by atoms with Gasteiger partial charge in [0, 0.05) is 11.9 Å². The van der Waals surface area contributed by atoms with Crippen LogP contribution in [-0.2, 0) is 6.54 Å². The minimum atomic E-state index is -0.0528. The normalized spacial score (nSPS) is 13.8. The van der Waals surface area contributed by atoms with Crippen LogP contribution in [-0.4, -0.2) is 20.7 Å². The van der Waals surface area contributed by atoms with Gasteiger partial charge in [0.05, 0.1) is 29.7 Å². The Morgan fingerprint density at radius 2 is 2.22 bits per heavy atom. The fourth-order valence-corrected chi connectivity index (χ4v) is 2.00. The molecule has 1 N–H and O–H groups in total. The molecule has 2 aromatic heterocycles. The molecule has 3 heterocycles. The van der Waals surface area contributed by atoms with Gasteiger partial charge in [0.25, 0.3) is 5.91 Å². The SMILES string of the molecule is CC(C)c1ccc(-n2cc3c(n2)CNC3=O)cn1. The molecule has 5 heteroatoms. The number of pyridine rings is 1. The molecule has 0 atom stereocenters. The van der Waals surface area contributed by atoms with Crippen LogP contribution in [0.15, 0.2) is 24.5 Å². The Bertz CT molecular complexity index is 598. The van der Waals surface area contributed by atoms with Gasteiger partial charge in [0.15, 0.2) is 0 Å². The lowest BCUT2D eigenvalue weighted by atomic mass is 10.1. The van der Waals surface area contributed by atoms with Crippen LogP contribution >= 0.6 is 0 Å². The second-order valence-electron chi connectivity index (χ2n) is 4.71. The number of fused-ring (bicyclic) bond motifs is 1. The van der Waals surface area contributed by atoms with Crippen molar-refractivity contribution in [3.05, 3.63) is 41.5 Å². The first-order valence-electron chi connectivity index (χ1n) is 5.98. The van der Waals surface area contributed by atoms with E-state index in [1.807, 2.05) is 12.1 Å². The van der Waals surface area contributed by atoms with Crippen molar-refractivity contribution in [1.82, 2.24) is 20.1 Å². The number of carbonyl (C=O) groups is 1. The molecule has 0 aliphatic carbocycles. The lowest BCUT2D eigenvalue weighted by Crippen LogP contribution is -2.14. The van der Waals surface area contributed by atoms with Gasteiger partial charge in [-0.2, -0.15) is 5.10 Å². The largest absolute Gasteiger partial charge is 0.346 e. The number of rotatable bonds is 2. The molecule has 5 nitrogen and oxygen atoms in total. The molecular formula is C13H14N4O. The van der Waals surface area contributed by atoms with Crippen LogP contribution in [0.1, 0.15) is 41.5 Å². The monoisotopic (exact) mass is 242 g/mol. The molecule has 3 rings (SSSR count). The molecule has 18 heavy (non-hydrogen) atoms. The maximum Gasteiger partial charge on any atom is 0.255 e. The molecule has 0 aromatic carbocycles. The van der Waals surface area contributed by atoms with Gasteiger partial charge < -0.3 is 5.32 Å². The lowest BCUT2D eigenvalue weighted by Gasteiger charge is -2.06. The summed E-state index contributed by atoms with van der Waals surface area (Å²) in [5.74, 6) is 0.357. The lowest BCUT2D eigenvalue weighted by molar-refractivity contribution is 0.0965. The Labute approximate surface area is 105 Å². The zero-order chi connectivity index (χ0) is 12.7. The van der Waals surface area contributed by atoms with Gasteiger partial charge in [-0.3, -0.25) is 9.78 Å². The summed E-state index contributed by atoms with van der Waals surface area (Å²) in [4.78, 5) is 15.9. The summed E-state index contributed by atoms with van der Waals surface area (Å²) in [6.45, 7) is 4.72. The fourth-order valence-electron chi connectivity index (χ4n) is 2.00. The van der Waals surface area contributed by atoms with Gasteiger partial charge in [0.2, 0.25) is 0 Å². The van der Waals surface area contributed by atoms with E-state index in [2.05, 4.69) is 29.2 Å². The minimum Gasteiger partial charge on any atom is -0.346 e. The predicted octanol–water partition coefficient (Wildman–Crippen LogP) is 1.63. The number of nitrogens with zero attached hydrogens (tertiary/aromatic N) is 3. The highest BCUT2D eigenvalue weighted by molar-refractivity contribution is 5.97. The summed E-state index contributed by atoms with van der Waals surface area (Å²) in [6.07, 6.45) is 3.54. The summed E-state index contributed by atoms with van der Waals surface area (Å²) < 4.78 is 1.71. The Balaban J connectivity index is 1.95. The first kappa shape index (κ1) is 11.0. The first-order chi connectivity index (χ1) is 8.65. The average molecular weight is 242 g/mol. The number of nitrogens with one attached hydrogen (secondary N) is 1. The second-order valence-corrected chi connectivity index (χ2v) is 4.71. The molecule has 2 aromatic rings. The van der Waals surface area contributed by atoms with Gasteiger partial charge in [-0.15, -0.1) is 0 Å². The third kappa shape index (κ3) is 1.68. The van der Waals surface area contributed by atoms with Gasteiger partial charge >= 0.3 is 0 Å². The van der Waals surface area contributed by atoms with E-state index in [4.69, 9.17) is 0 Å². The summed E-state index contributed by atoms with van der Waals surface area (Å²) in [5, 5.41) is 7.12. The van der Waals surface area contributed by atoms with Crippen LogP contribution in [0.2, 0.25) is 0 Å². The van der Waals surface area contributed by atoms with Gasteiger partial charge in [-0.1, -0.05) is 13.8 Å². The maximum atomic E-state index is 11.5. The van der Waals surface area contributed by atoms with Crippen LogP contribution < -0.4 is 5.32 Å². The van der Waals surface area contributed by atoms with Crippen LogP contribution in [0.3, 0.4) is 0 Å². The van der Waals surface area contributed by atoms with Gasteiger partial charge in [-0.05, 0) is 18.1 Å². The van der Waals surface area contributed by atoms with Gasteiger partial charge in [-0.25, -0.2) is 4.68 Å². The minimum absolute atomic E-state index is 0.0528. The molecular weight excluding hydrogens is 228 g/mol. The van der Waals surface area contributed by atoms with Crippen molar-refractivity contribution in [2.45, 2.75) is 26.3 Å². The highest BCUT2D eigenvalue weighted by Crippen LogP contribution is 2.17. The zero-order valence-corrected chi connectivity index (χ0v) is 10.3. The molecule has 0 fully saturated rings. The zero-order valence-electron chi connectivity index (χ0n) is 10.3. The van der Waals surface area contributed by atoms with E-state index in [9.17, 15) is 4.79 Å². The molecule has 0 saturated carbocycles. The smallest absolute Gasteiger partial charge is 0.255 e. The maximum absolute atomic E-state index is 11.5. The van der Waals surface area contributed by atoms with Crippen molar-refractivity contribution in [3.63, 3.8) is 0 Å². The topological polar surface area (TPSA) is 59.8 Å². The summed E-state index contributed by atoms with van der Waals surface area (Å²) in [6, 6.07) is 3.97. The Morgan fingerprint density at radius 3 is 2.83 bits per heavy atom. The summed E-state index contributed by atoms with van der Waals surface area (Å²) >= 11 is 0. The van der Waals surface area contributed by atoms with Gasteiger partial charge in [0.1, 0.15) is 0 Å². The van der Waals surface area contributed by atoms with E-state index >= 15 is 0 Å². The molecule has 1 aliphatic rings. The van der Waals surface area contributed by atoms with Crippen molar-refractivity contribution in [2.75, 3.05) is 0 Å². The van der Waals surface area contributed by atoms with Crippen molar-refractivity contribution in [3.8, 4) is 5.69 Å². The van der Waals surface area contributed by atoms with E-state index in [-0.39, 0.29) is 5.91 Å². The molecule has 0 spiro atoms. The number of carbonyl (C=O) groups excluding carboxylic acids is 1. The number of aromatic nitrogens is 3. The third-order valence-corrected chi connectivity index (χ3v) is 3.08. The van der Waals surface area contributed by atoms with Crippen molar-refractivity contribution in [1.29, 1.82) is 0 Å². The van der Waals surface area contributed by atoms with E-state index in [1.54, 1.807) is 17.1 Å². The van der Waals surface area contributed by atoms with E-state index in [1.165, 1.54) is 0 Å². The Morgan fingerprint density at radius 1 is 1.39 bits per heavy atom. The van der Waals surface area contributed by atoms with Crippen molar-refractivity contribution >= 4 is 5.91 Å². The molecule has 92 valence electrons. The van der Waals surface area contributed by atoms with E-state index in [0.29, 0.717) is 18.0 Å². The quantitative estimate of drug-likeness (QED) is 0.870. The first-order valence-corrected chi connectivity index (χ1v) is 5.98. The summed E-state index contributed by atoms with van der Waals surface area (Å²) in [7, 11) is 0. The number of hydrogen-bond acceptors (Lipinski definition) is 3. The van der Waals surface area contributed by atoms with Crippen LogP contribution in [0.25, 0.3) is 5.69 Å². The third-order valence-electron chi connectivity index (χ3n) is 3.08. The summed E-state index contributed by atoms with van der Waals surface area (Å²) in [5.41, 5.74) is 3.38. The molecule has 0 saturated heterocycles. The molecule has 0 radical (unpaired) electrons. The van der Waals surface area contributed by atoms with E-state index < -0.39 is 0 Å². The van der Waals surface area contributed by atoms with Crippen molar-refractivity contribution in [2.24, 2.45) is 0 Å². The van der Waals surface area contributed by atoms with Crippen LogP contribution in [0, 0.1) is 0 Å². The highest BCUT2D eigenvalue weighted by atomic mass is 16.2. The molecule has 1 aliphatic heterocycles.